The van der Waals surface area contributed by atoms with Crippen molar-refractivity contribution in [2.75, 3.05) is 7.11 Å². The second-order valence-corrected chi connectivity index (χ2v) is 4.14. The maximum atomic E-state index is 12.9. The maximum absolute atomic E-state index is 12.9. The predicted molar refractivity (Wildman–Crippen MR) is 65.1 cm³/mol. The second-order valence-electron chi connectivity index (χ2n) is 4.14. The lowest BCUT2D eigenvalue weighted by Crippen LogP contribution is -2.51. The minimum absolute atomic E-state index is 0.291. The molecule has 2 rings (SSSR count). The summed E-state index contributed by atoms with van der Waals surface area (Å²) in [6.45, 7) is 3.61. The van der Waals surface area contributed by atoms with E-state index in [9.17, 15) is 14.0 Å². The number of hydrogen-bond donors (Lipinski definition) is 2. The molecule has 1 aliphatic heterocycles. The quantitative estimate of drug-likeness (QED) is 0.614. The van der Waals surface area contributed by atoms with Gasteiger partial charge in [0.25, 0.3) is 0 Å². The van der Waals surface area contributed by atoms with E-state index in [1.807, 2.05) is 0 Å². The van der Waals surface area contributed by atoms with Crippen LogP contribution in [0, 0.1) is 11.7 Å². The molecule has 1 heterocycles. The van der Waals surface area contributed by atoms with Gasteiger partial charge in [-0.05, 0) is 17.7 Å². The van der Waals surface area contributed by atoms with Gasteiger partial charge in [0.15, 0.2) is 5.92 Å². The lowest BCUT2D eigenvalue weighted by molar-refractivity contribution is -0.152. The molecule has 0 saturated carbocycles. The number of carbonyl (C=O) groups excluding carboxylic acids is 2. The number of ether oxygens (including phenoxy) is 1. The molecule has 6 heteroatoms. The van der Waals surface area contributed by atoms with Crippen molar-refractivity contribution in [2.45, 2.75) is 6.04 Å². The first-order chi connectivity index (χ1) is 9.02. The molecule has 1 aromatic carbocycles. The van der Waals surface area contributed by atoms with E-state index < -0.39 is 29.7 Å². The van der Waals surface area contributed by atoms with Gasteiger partial charge < -0.3 is 15.4 Å². The van der Waals surface area contributed by atoms with Gasteiger partial charge in [0.1, 0.15) is 5.82 Å². The summed E-state index contributed by atoms with van der Waals surface area (Å²) in [5.41, 5.74) is 0.604. The van der Waals surface area contributed by atoms with Crippen LogP contribution in [0.4, 0.5) is 4.39 Å². The van der Waals surface area contributed by atoms with E-state index in [-0.39, 0.29) is 0 Å². The molecule has 0 radical (unpaired) electrons. The standard InChI is InChI=1S/C13H13FN2O3/c1-7-15-11(8-3-5-9(14)6-4-8)10(12(17)16-7)13(18)19-2/h3-6,10-11,15H,1H2,2H3,(H,16,17). The molecule has 100 valence electrons. The van der Waals surface area contributed by atoms with Crippen LogP contribution in [0.15, 0.2) is 36.7 Å². The summed E-state index contributed by atoms with van der Waals surface area (Å²) in [4.78, 5) is 23.6. The Hall–Kier alpha value is -2.37. The van der Waals surface area contributed by atoms with Crippen LogP contribution in [0.5, 0.6) is 0 Å². The summed E-state index contributed by atoms with van der Waals surface area (Å²) in [5, 5.41) is 5.33. The topological polar surface area (TPSA) is 67.4 Å². The van der Waals surface area contributed by atoms with Crippen molar-refractivity contribution in [3.63, 3.8) is 0 Å². The molecule has 19 heavy (non-hydrogen) atoms. The van der Waals surface area contributed by atoms with E-state index >= 15 is 0 Å². The van der Waals surface area contributed by atoms with Gasteiger partial charge in [0.05, 0.1) is 19.0 Å². The fourth-order valence-corrected chi connectivity index (χ4v) is 2.00. The molecule has 0 aliphatic carbocycles. The maximum Gasteiger partial charge on any atom is 0.320 e. The summed E-state index contributed by atoms with van der Waals surface area (Å²) < 4.78 is 17.5. The van der Waals surface area contributed by atoms with Gasteiger partial charge in [-0.1, -0.05) is 18.7 Å². The minimum atomic E-state index is -1.04. The second kappa shape index (κ2) is 5.09. The van der Waals surface area contributed by atoms with Crippen molar-refractivity contribution >= 4 is 11.9 Å². The van der Waals surface area contributed by atoms with Crippen molar-refractivity contribution in [1.29, 1.82) is 0 Å². The highest BCUT2D eigenvalue weighted by molar-refractivity contribution is 6.00. The van der Waals surface area contributed by atoms with Crippen molar-refractivity contribution < 1.29 is 18.7 Å². The van der Waals surface area contributed by atoms with Crippen molar-refractivity contribution in [2.24, 2.45) is 5.92 Å². The Morgan fingerprint density at radius 1 is 1.37 bits per heavy atom. The Labute approximate surface area is 109 Å². The van der Waals surface area contributed by atoms with Gasteiger partial charge in [0.2, 0.25) is 5.91 Å². The molecular weight excluding hydrogens is 251 g/mol. The number of amides is 1. The van der Waals surface area contributed by atoms with Crippen molar-refractivity contribution in [3.05, 3.63) is 48.0 Å². The molecular formula is C13H13FN2O3. The monoisotopic (exact) mass is 264 g/mol. The smallest absolute Gasteiger partial charge is 0.320 e. The molecule has 2 unspecified atom stereocenters. The SMILES string of the molecule is C=C1NC(=O)C(C(=O)OC)C(c2ccc(F)cc2)N1. The third kappa shape index (κ3) is 2.57. The highest BCUT2D eigenvalue weighted by Gasteiger charge is 2.40. The summed E-state index contributed by atoms with van der Waals surface area (Å²) in [6, 6.07) is 4.92. The van der Waals surface area contributed by atoms with E-state index in [2.05, 4.69) is 21.9 Å². The predicted octanol–water partition coefficient (Wildman–Crippen LogP) is 0.847. The van der Waals surface area contributed by atoms with Crippen LogP contribution in [0.25, 0.3) is 0 Å². The van der Waals surface area contributed by atoms with Crippen LogP contribution in [-0.4, -0.2) is 19.0 Å². The normalized spacial score (nSPS) is 22.4. The summed E-state index contributed by atoms with van der Waals surface area (Å²) in [7, 11) is 1.21. The van der Waals surface area contributed by atoms with Crippen LogP contribution in [-0.2, 0) is 14.3 Å². The van der Waals surface area contributed by atoms with Crippen LogP contribution < -0.4 is 10.6 Å². The summed E-state index contributed by atoms with van der Waals surface area (Å²) >= 11 is 0. The number of carbonyl (C=O) groups is 2. The molecule has 1 amide bonds. The van der Waals surface area contributed by atoms with Crippen molar-refractivity contribution in [1.82, 2.24) is 10.6 Å². The number of hydrogen-bond acceptors (Lipinski definition) is 4. The van der Waals surface area contributed by atoms with Gasteiger partial charge in [-0.15, -0.1) is 0 Å². The summed E-state index contributed by atoms with van der Waals surface area (Å²) in [5.74, 6) is -2.30. The number of nitrogens with one attached hydrogen (secondary N) is 2. The Morgan fingerprint density at radius 2 is 2.00 bits per heavy atom. The number of esters is 1. The van der Waals surface area contributed by atoms with Gasteiger partial charge in [-0.2, -0.15) is 0 Å². The first-order valence-corrected chi connectivity index (χ1v) is 5.62. The van der Waals surface area contributed by atoms with Gasteiger partial charge >= 0.3 is 5.97 Å². The van der Waals surface area contributed by atoms with E-state index in [0.29, 0.717) is 11.4 Å². The Balaban J connectivity index is 2.37. The Bertz CT molecular complexity index is 527. The fraction of sp³-hybridized carbons (Fsp3) is 0.231. The fourth-order valence-electron chi connectivity index (χ4n) is 2.00. The zero-order valence-corrected chi connectivity index (χ0v) is 10.3. The molecule has 0 spiro atoms. The molecule has 1 aliphatic rings. The third-order valence-electron chi connectivity index (χ3n) is 2.90. The largest absolute Gasteiger partial charge is 0.468 e. The zero-order valence-electron chi connectivity index (χ0n) is 10.3. The Morgan fingerprint density at radius 3 is 2.58 bits per heavy atom. The number of benzene rings is 1. The van der Waals surface area contributed by atoms with E-state index in [4.69, 9.17) is 0 Å². The number of rotatable bonds is 2. The highest BCUT2D eigenvalue weighted by Crippen LogP contribution is 2.27. The van der Waals surface area contributed by atoms with Crippen LogP contribution in [0.3, 0.4) is 0 Å². The molecule has 2 atom stereocenters. The average Bonchev–Trinajstić information content (AvgIpc) is 2.38. The van der Waals surface area contributed by atoms with Crippen LogP contribution in [0.1, 0.15) is 11.6 Å². The van der Waals surface area contributed by atoms with Crippen molar-refractivity contribution in [3.8, 4) is 0 Å². The first-order valence-electron chi connectivity index (χ1n) is 5.62. The van der Waals surface area contributed by atoms with E-state index in [0.717, 1.165) is 0 Å². The lowest BCUT2D eigenvalue weighted by atomic mass is 9.90. The zero-order chi connectivity index (χ0) is 14.0. The van der Waals surface area contributed by atoms with Crippen LogP contribution >= 0.6 is 0 Å². The van der Waals surface area contributed by atoms with Gasteiger partial charge in [-0.25, -0.2) is 4.39 Å². The van der Waals surface area contributed by atoms with E-state index in [1.165, 1.54) is 31.4 Å². The van der Waals surface area contributed by atoms with Gasteiger partial charge in [0, 0.05) is 0 Å². The molecule has 0 bridgehead atoms. The average molecular weight is 264 g/mol. The van der Waals surface area contributed by atoms with Gasteiger partial charge in [-0.3, -0.25) is 9.59 Å². The molecule has 0 aromatic heterocycles. The Kier molecular flexibility index (Phi) is 3.50. The lowest BCUT2D eigenvalue weighted by Gasteiger charge is -2.32. The molecule has 2 N–H and O–H groups in total. The molecule has 1 saturated heterocycles. The summed E-state index contributed by atoms with van der Waals surface area (Å²) in [6.07, 6.45) is 0. The van der Waals surface area contributed by atoms with Crippen LogP contribution in [0.2, 0.25) is 0 Å². The van der Waals surface area contributed by atoms with E-state index in [1.54, 1.807) is 0 Å². The highest BCUT2D eigenvalue weighted by atomic mass is 19.1. The molecule has 1 fully saturated rings. The number of halogens is 1. The minimum Gasteiger partial charge on any atom is -0.468 e. The molecule has 5 nitrogen and oxygen atoms in total. The third-order valence-corrected chi connectivity index (χ3v) is 2.90. The number of methoxy groups -OCH3 is 1. The first kappa shape index (κ1) is 13.1. The molecule has 1 aromatic rings.